The Hall–Kier alpha value is -2.82. The SMILES string of the molecule is CCCCN(Cc1ccc(C(=O)O)cc1)C(=O)Nc1ccccc1. The molecule has 2 amide bonds. The summed E-state index contributed by atoms with van der Waals surface area (Å²) in [5, 5.41) is 11.8. The molecule has 2 N–H and O–H groups in total. The van der Waals surface area contributed by atoms with Crippen LogP contribution in [0.25, 0.3) is 0 Å². The number of urea groups is 1. The van der Waals surface area contributed by atoms with E-state index in [2.05, 4.69) is 12.2 Å². The van der Waals surface area contributed by atoms with Gasteiger partial charge in [0.05, 0.1) is 5.56 Å². The molecule has 0 saturated carbocycles. The molecule has 5 nitrogen and oxygen atoms in total. The fourth-order valence-electron chi connectivity index (χ4n) is 2.30. The standard InChI is InChI=1S/C19H22N2O3/c1-2-3-13-21(19(24)20-17-7-5-4-6-8-17)14-15-9-11-16(12-10-15)18(22)23/h4-12H,2-3,13-14H2,1H3,(H,20,24)(H,22,23). The number of carbonyl (C=O) groups is 2. The second-order valence-corrected chi connectivity index (χ2v) is 5.57. The number of benzene rings is 2. The van der Waals surface area contributed by atoms with E-state index >= 15 is 0 Å². The molecule has 5 heteroatoms. The van der Waals surface area contributed by atoms with Gasteiger partial charge in [-0.15, -0.1) is 0 Å². The molecule has 0 bridgehead atoms. The average molecular weight is 326 g/mol. The molecule has 0 aliphatic heterocycles. The van der Waals surface area contributed by atoms with E-state index in [4.69, 9.17) is 5.11 Å². The van der Waals surface area contributed by atoms with Crippen LogP contribution < -0.4 is 5.32 Å². The smallest absolute Gasteiger partial charge is 0.335 e. The first-order valence-electron chi connectivity index (χ1n) is 8.03. The number of rotatable bonds is 7. The molecule has 2 rings (SSSR count). The summed E-state index contributed by atoms with van der Waals surface area (Å²) >= 11 is 0. The molecule has 0 unspecified atom stereocenters. The number of carboxylic acid groups (broad SMARTS) is 1. The molecule has 126 valence electrons. The van der Waals surface area contributed by atoms with E-state index in [-0.39, 0.29) is 11.6 Å². The van der Waals surface area contributed by atoms with Gasteiger partial charge in [0, 0.05) is 18.8 Å². The summed E-state index contributed by atoms with van der Waals surface area (Å²) in [5.41, 5.74) is 1.90. The van der Waals surface area contributed by atoms with E-state index < -0.39 is 5.97 Å². The van der Waals surface area contributed by atoms with Crippen LogP contribution in [0.4, 0.5) is 10.5 Å². The summed E-state index contributed by atoms with van der Waals surface area (Å²) < 4.78 is 0. The monoisotopic (exact) mass is 326 g/mol. The van der Waals surface area contributed by atoms with Gasteiger partial charge in [0.25, 0.3) is 0 Å². The molecule has 0 saturated heterocycles. The van der Waals surface area contributed by atoms with Gasteiger partial charge < -0.3 is 15.3 Å². The Morgan fingerprint density at radius 2 is 1.71 bits per heavy atom. The molecule has 0 atom stereocenters. The first-order valence-corrected chi connectivity index (χ1v) is 8.03. The first-order chi connectivity index (χ1) is 11.6. The van der Waals surface area contributed by atoms with Crippen molar-refractivity contribution in [3.05, 3.63) is 65.7 Å². The van der Waals surface area contributed by atoms with Crippen LogP contribution in [0.1, 0.15) is 35.7 Å². The molecule has 0 aliphatic rings. The van der Waals surface area contributed by atoms with Crippen molar-refractivity contribution in [3.8, 4) is 0 Å². The Balaban J connectivity index is 2.06. The van der Waals surface area contributed by atoms with E-state index in [0.717, 1.165) is 24.1 Å². The van der Waals surface area contributed by atoms with Gasteiger partial charge in [-0.3, -0.25) is 0 Å². The molecule has 0 radical (unpaired) electrons. The minimum atomic E-state index is -0.953. The van der Waals surface area contributed by atoms with Crippen LogP contribution >= 0.6 is 0 Å². The topological polar surface area (TPSA) is 69.6 Å². The lowest BCUT2D eigenvalue weighted by Gasteiger charge is -2.23. The average Bonchev–Trinajstić information content (AvgIpc) is 2.59. The first kappa shape index (κ1) is 17.5. The Morgan fingerprint density at radius 1 is 1.04 bits per heavy atom. The van der Waals surface area contributed by atoms with Gasteiger partial charge in [0.1, 0.15) is 0 Å². The van der Waals surface area contributed by atoms with Crippen molar-refractivity contribution >= 4 is 17.7 Å². The van der Waals surface area contributed by atoms with Gasteiger partial charge >= 0.3 is 12.0 Å². The van der Waals surface area contributed by atoms with E-state index in [9.17, 15) is 9.59 Å². The minimum absolute atomic E-state index is 0.156. The number of aromatic carboxylic acids is 1. The van der Waals surface area contributed by atoms with Gasteiger partial charge in [-0.1, -0.05) is 43.7 Å². The number of anilines is 1. The highest BCUT2D eigenvalue weighted by atomic mass is 16.4. The van der Waals surface area contributed by atoms with Crippen LogP contribution in [0.3, 0.4) is 0 Å². The second kappa shape index (κ2) is 8.72. The summed E-state index contributed by atoms with van der Waals surface area (Å²) in [4.78, 5) is 25.2. The summed E-state index contributed by atoms with van der Waals surface area (Å²) in [5.74, 6) is -0.953. The molecular weight excluding hydrogens is 304 g/mol. The zero-order valence-electron chi connectivity index (χ0n) is 13.7. The summed E-state index contributed by atoms with van der Waals surface area (Å²) in [6.07, 6.45) is 1.91. The Labute approximate surface area is 141 Å². The fraction of sp³-hybridized carbons (Fsp3) is 0.263. The number of carboxylic acids is 1. The highest BCUT2D eigenvalue weighted by molar-refractivity contribution is 5.89. The van der Waals surface area contributed by atoms with Gasteiger partial charge in [-0.2, -0.15) is 0 Å². The fourth-order valence-corrected chi connectivity index (χ4v) is 2.30. The largest absolute Gasteiger partial charge is 0.478 e. The Morgan fingerprint density at radius 3 is 2.29 bits per heavy atom. The number of unbranched alkanes of at least 4 members (excludes halogenated alkanes) is 1. The Bertz CT molecular complexity index is 669. The predicted molar refractivity (Wildman–Crippen MR) is 94.2 cm³/mol. The van der Waals surface area contributed by atoms with Crippen LogP contribution in [0.2, 0.25) is 0 Å². The van der Waals surface area contributed by atoms with Gasteiger partial charge in [-0.05, 0) is 36.2 Å². The van der Waals surface area contributed by atoms with Crippen molar-refractivity contribution in [1.29, 1.82) is 0 Å². The van der Waals surface area contributed by atoms with Crippen molar-refractivity contribution in [2.75, 3.05) is 11.9 Å². The van der Waals surface area contributed by atoms with Crippen LogP contribution in [-0.2, 0) is 6.54 Å². The maximum Gasteiger partial charge on any atom is 0.335 e. The minimum Gasteiger partial charge on any atom is -0.478 e. The number of carbonyl (C=O) groups excluding carboxylic acids is 1. The Kier molecular flexibility index (Phi) is 6.37. The maximum atomic E-state index is 12.5. The third-order valence-electron chi connectivity index (χ3n) is 3.67. The third-order valence-corrected chi connectivity index (χ3v) is 3.67. The van der Waals surface area contributed by atoms with Crippen molar-refractivity contribution in [2.24, 2.45) is 0 Å². The number of nitrogens with one attached hydrogen (secondary N) is 1. The third kappa shape index (κ3) is 5.12. The molecule has 24 heavy (non-hydrogen) atoms. The number of nitrogens with zero attached hydrogens (tertiary/aromatic N) is 1. The lowest BCUT2D eigenvalue weighted by molar-refractivity contribution is 0.0697. The number of hydrogen-bond acceptors (Lipinski definition) is 2. The highest BCUT2D eigenvalue weighted by Gasteiger charge is 2.14. The molecule has 0 spiro atoms. The molecule has 0 heterocycles. The predicted octanol–water partition coefficient (Wildman–Crippen LogP) is 4.22. The van der Waals surface area contributed by atoms with Gasteiger partial charge in [-0.25, -0.2) is 9.59 Å². The number of para-hydroxylation sites is 1. The normalized spacial score (nSPS) is 10.2. The summed E-state index contributed by atoms with van der Waals surface area (Å²) in [6, 6.07) is 15.8. The summed E-state index contributed by atoms with van der Waals surface area (Å²) in [6.45, 7) is 3.17. The molecule has 0 fully saturated rings. The van der Waals surface area contributed by atoms with Gasteiger partial charge in [0.2, 0.25) is 0 Å². The van der Waals surface area contributed by atoms with E-state index in [1.165, 1.54) is 0 Å². The van der Waals surface area contributed by atoms with Crippen LogP contribution in [0.15, 0.2) is 54.6 Å². The molecule has 0 aromatic heterocycles. The number of hydrogen-bond donors (Lipinski definition) is 2. The second-order valence-electron chi connectivity index (χ2n) is 5.57. The summed E-state index contributed by atoms with van der Waals surface area (Å²) in [7, 11) is 0. The highest BCUT2D eigenvalue weighted by Crippen LogP contribution is 2.12. The van der Waals surface area contributed by atoms with Crippen LogP contribution in [0.5, 0.6) is 0 Å². The van der Waals surface area contributed by atoms with Crippen molar-refractivity contribution in [3.63, 3.8) is 0 Å². The van der Waals surface area contributed by atoms with Crippen molar-refractivity contribution in [1.82, 2.24) is 4.90 Å². The lowest BCUT2D eigenvalue weighted by Crippen LogP contribution is -2.35. The molecular formula is C19H22N2O3. The van der Waals surface area contributed by atoms with Crippen LogP contribution in [0, 0.1) is 0 Å². The molecule has 2 aromatic carbocycles. The van der Waals surface area contributed by atoms with E-state index in [1.54, 1.807) is 29.2 Å². The zero-order valence-corrected chi connectivity index (χ0v) is 13.7. The van der Waals surface area contributed by atoms with E-state index in [0.29, 0.717) is 13.1 Å². The van der Waals surface area contributed by atoms with Crippen LogP contribution in [-0.4, -0.2) is 28.6 Å². The van der Waals surface area contributed by atoms with Crippen molar-refractivity contribution < 1.29 is 14.7 Å². The van der Waals surface area contributed by atoms with E-state index in [1.807, 2.05) is 30.3 Å². The van der Waals surface area contributed by atoms with Crippen molar-refractivity contribution in [2.45, 2.75) is 26.3 Å². The maximum absolute atomic E-state index is 12.5. The van der Waals surface area contributed by atoms with Gasteiger partial charge in [0.15, 0.2) is 0 Å². The molecule has 0 aliphatic carbocycles. The number of amides is 2. The molecule has 2 aromatic rings. The zero-order chi connectivity index (χ0) is 17.4. The quantitative estimate of drug-likeness (QED) is 0.800. The lowest BCUT2D eigenvalue weighted by atomic mass is 10.1.